The minimum absolute atomic E-state index is 0.0387. The first-order valence-electron chi connectivity index (χ1n) is 5.78. The Hall–Kier alpha value is -1.01. The van der Waals surface area contributed by atoms with Gasteiger partial charge in [-0.05, 0) is 12.8 Å². The second-order valence-corrected chi connectivity index (χ2v) is 6.21. The van der Waals surface area contributed by atoms with E-state index in [1.165, 1.54) is 0 Å². The molecule has 0 aliphatic heterocycles. The Kier molecular flexibility index (Phi) is 5.22. The first-order valence-corrected chi connectivity index (χ1v) is 7.07. The summed E-state index contributed by atoms with van der Waals surface area (Å²) in [6.07, 6.45) is 0. The zero-order valence-corrected chi connectivity index (χ0v) is 12.8. The van der Waals surface area contributed by atoms with Crippen LogP contribution in [0, 0.1) is 18.8 Å². The van der Waals surface area contributed by atoms with E-state index in [9.17, 15) is 4.79 Å². The van der Waals surface area contributed by atoms with Crippen molar-refractivity contribution >= 4 is 34.5 Å². The molecule has 6 heteroatoms. The number of carbonyl (C=O) groups is 1. The molecule has 0 radical (unpaired) electrons. The first kappa shape index (κ1) is 15.0. The number of rotatable bonds is 5. The fourth-order valence-corrected chi connectivity index (χ4v) is 2.75. The molecular formula is C12H19N3OS2. The number of aryl methyl sites for hydroxylation is 1. The van der Waals surface area contributed by atoms with Gasteiger partial charge in [0.2, 0.25) is 5.91 Å². The van der Waals surface area contributed by atoms with Crippen LogP contribution in [-0.4, -0.2) is 27.8 Å². The van der Waals surface area contributed by atoms with Crippen molar-refractivity contribution in [2.75, 3.05) is 7.05 Å². The van der Waals surface area contributed by atoms with Crippen molar-refractivity contribution in [2.24, 2.45) is 17.6 Å². The van der Waals surface area contributed by atoms with Gasteiger partial charge in [0.1, 0.15) is 0 Å². The molecule has 0 saturated carbocycles. The van der Waals surface area contributed by atoms with E-state index < -0.39 is 5.92 Å². The number of carbonyl (C=O) groups excluding carboxylic acids is 1. The molecule has 0 aliphatic rings. The van der Waals surface area contributed by atoms with Crippen LogP contribution in [0.4, 0.5) is 0 Å². The van der Waals surface area contributed by atoms with E-state index in [1.807, 2.05) is 26.2 Å². The fraction of sp³-hybridized carbons (Fsp3) is 0.583. The molecule has 18 heavy (non-hydrogen) atoms. The van der Waals surface area contributed by atoms with Gasteiger partial charge in [0.15, 0.2) is 0 Å². The minimum Gasteiger partial charge on any atom is -0.393 e. The molecule has 1 heterocycles. The van der Waals surface area contributed by atoms with Gasteiger partial charge >= 0.3 is 0 Å². The molecule has 1 aromatic rings. The van der Waals surface area contributed by atoms with Crippen molar-refractivity contribution in [2.45, 2.75) is 27.3 Å². The third-order valence-corrected chi connectivity index (χ3v) is 3.76. The van der Waals surface area contributed by atoms with E-state index in [4.69, 9.17) is 18.0 Å². The quantitative estimate of drug-likeness (QED) is 0.840. The van der Waals surface area contributed by atoms with Crippen LogP contribution in [0.3, 0.4) is 0 Å². The van der Waals surface area contributed by atoms with E-state index >= 15 is 0 Å². The lowest BCUT2D eigenvalue weighted by molar-refractivity contribution is -0.133. The molecular weight excluding hydrogens is 266 g/mol. The molecule has 0 fully saturated rings. The summed E-state index contributed by atoms with van der Waals surface area (Å²) in [5.74, 6) is -0.331. The fourth-order valence-electron chi connectivity index (χ4n) is 1.77. The lowest BCUT2D eigenvalue weighted by Crippen LogP contribution is -2.41. The van der Waals surface area contributed by atoms with Crippen molar-refractivity contribution in [1.82, 2.24) is 9.88 Å². The maximum atomic E-state index is 12.3. The first-order chi connectivity index (χ1) is 8.32. The SMILES string of the molecule is Cc1nc(CN(C)C(=O)C(C(N)=S)C(C)C)cs1. The highest BCUT2D eigenvalue weighted by molar-refractivity contribution is 7.80. The smallest absolute Gasteiger partial charge is 0.232 e. The normalized spacial score (nSPS) is 12.5. The number of aromatic nitrogens is 1. The zero-order chi connectivity index (χ0) is 13.9. The molecule has 1 atom stereocenters. The molecule has 1 amide bonds. The van der Waals surface area contributed by atoms with Gasteiger partial charge in [-0.1, -0.05) is 26.1 Å². The maximum absolute atomic E-state index is 12.3. The van der Waals surface area contributed by atoms with Gasteiger partial charge in [0.05, 0.1) is 28.2 Å². The van der Waals surface area contributed by atoms with Crippen LogP contribution in [-0.2, 0) is 11.3 Å². The standard InChI is InChI=1S/C12H19N3OS2/c1-7(2)10(11(13)17)12(16)15(4)5-9-6-18-8(3)14-9/h6-7,10H,5H2,1-4H3,(H2,13,17). The summed E-state index contributed by atoms with van der Waals surface area (Å²) in [7, 11) is 1.75. The Bertz CT molecular complexity index is 442. The van der Waals surface area contributed by atoms with Gasteiger partial charge in [-0.3, -0.25) is 4.79 Å². The van der Waals surface area contributed by atoms with Crippen LogP contribution in [0.1, 0.15) is 24.5 Å². The lowest BCUT2D eigenvalue weighted by Gasteiger charge is -2.24. The zero-order valence-electron chi connectivity index (χ0n) is 11.1. The highest BCUT2D eigenvalue weighted by Gasteiger charge is 2.27. The monoisotopic (exact) mass is 285 g/mol. The van der Waals surface area contributed by atoms with E-state index in [1.54, 1.807) is 23.3 Å². The Balaban J connectivity index is 2.73. The molecule has 1 unspecified atom stereocenters. The molecule has 0 bridgehead atoms. The number of amides is 1. The van der Waals surface area contributed by atoms with Crippen molar-refractivity contribution < 1.29 is 4.79 Å². The van der Waals surface area contributed by atoms with Gasteiger partial charge in [0.25, 0.3) is 0 Å². The number of hydrogen-bond acceptors (Lipinski definition) is 4. The maximum Gasteiger partial charge on any atom is 0.232 e. The summed E-state index contributed by atoms with van der Waals surface area (Å²) in [6, 6.07) is 0. The number of nitrogens with zero attached hydrogens (tertiary/aromatic N) is 2. The number of thiazole rings is 1. The third kappa shape index (κ3) is 3.74. The average Bonchev–Trinajstić information content (AvgIpc) is 2.62. The predicted octanol–water partition coefficient (Wildman–Crippen LogP) is 1.97. The second kappa shape index (κ2) is 6.24. The van der Waals surface area contributed by atoms with E-state index in [0.29, 0.717) is 6.54 Å². The third-order valence-electron chi connectivity index (χ3n) is 2.68. The van der Waals surface area contributed by atoms with Crippen LogP contribution in [0.15, 0.2) is 5.38 Å². The van der Waals surface area contributed by atoms with Crippen LogP contribution in [0.2, 0.25) is 0 Å². The summed E-state index contributed by atoms with van der Waals surface area (Å²) in [4.78, 5) is 18.5. The number of thiocarbonyl (C=S) groups is 1. The lowest BCUT2D eigenvalue weighted by atomic mass is 9.94. The van der Waals surface area contributed by atoms with Gasteiger partial charge in [0, 0.05) is 12.4 Å². The second-order valence-electron chi connectivity index (χ2n) is 4.68. The van der Waals surface area contributed by atoms with E-state index in [0.717, 1.165) is 10.7 Å². The van der Waals surface area contributed by atoms with Crippen LogP contribution in [0.5, 0.6) is 0 Å². The molecule has 0 saturated heterocycles. The molecule has 0 spiro atoms. The highest BCUT2D eigenvalue weighted by atomic mass is 32.1. The van der Waals surface area contributed by atoms with Crippen molar-refractivity contribution in [3.05, 3.63) is 16.1 Å². The summed E-state index contributed by atoms with van der Waals surface area (Å²) in [5.41, 5.74) is 6.55. The molecule has 100 valence electrons. The predicted molar refractivity (Wildman–Crippen MR) is 78.4 cm³/mol. The van der Waals surface area contributed by atoms with E-state index in [-0.39, 0.29) is 16.8 Å². The molecule has 0 aromatic carbocycles. The summed E-state index contributed by atoms with van der Waals surface area (Å²) in [5, 5.41) is 2.96. The largest absolute Gasteiger partial charge is 0.393 e. The van der Waals surface area contributed by atoms with Crippen molar-refractivity contribution in [3.63, 3.8) is 0 Å². The van der Waals surface area contributed by atoms with Gasteiger partial charge in [-0.25, -0.2) is 4.98 Å². The Morgan fingerprint density at radius 2 is 2.22 bits per heavy atom. The Labute approximate surface area is 117 Å². The highest BCUT2D eigenvalue weighted by Crippen LogP contribution is 2.16. The minimum atomic E-state index is -0.398. The van der Waals surface area contributed by atoms with Crippen molar-refractivity contribution in [1.29, 1.82) is 0 Å². The molecule has 0 aliphatic carbocycles. The van der Waals surface area contributed by atoms with Gasteiger partial charge in [-0.15, -0.1) is 11.3 Å². The molecule has 1 aromatic heterocycles. The van der Waals surface area contributed by atoms with Crippen molar-refractivity contribution in [3.8, 4) is 0 Å². The summed E-state index contributed by atoms with van der Waals surface area (Å²) in [6.45, 7) is 6.34. The van der Waals surface area contributed by atoms with E-state index in [2.05, 4.69) is 4.98 Å². The summed E-state index contributed by atoms with van der Waals surface area (Å²) < 4.78 is 0. The van der Waals surface area contributed by atoms with Crippen LogP contribution >= 0.6 is 23.6 Å². The molecule has 2 N–H and O–H groups in total. The molecule has 4 nitrogen and oxygen atoms in total. The van der Waals surface area contributed by atoms with Crippen LogP contribution < -0.4 is 5.73 Å². The Morgan fingerprint density at radius 3 is 2.61 bits per heavy atom. The Morgan fingerprint density at radius 1 is 1.61 bits per heavy atom. The summed E-state index contributed by atoms with van der Waals surface area (Å²) >= 11 is 6.55. The molecule has 1 rings (SSSR count). The average molecular weight is 285 g/mol. The topological polar surface area (TPSA) is 59.2 Å². The number of nitrogens with two attached hydrogens (primary N) is 1. The number of hydrogen-bond donors (Lipinski definition) is 1. The van der Waals surface area contributed by atoms with Crippen LogP contribution in [0.25, 0.3) is 0 Å². The van der Waals surface area contributed by atoms with Gasteiger partial charge < -0.3 is 10.6 Å². The van der Waals surface area contributed by atoms with Gasteiger partial charge in [-0.2, -0.15) is 0 Å².